The van der Waals surface area contributed by atoms with E-state index < -0.39 is 6.17 Å². The van der Waals surface area contributed by atoms with Gasteiger partial charge in [-0.2, -0.15) is 5.26 Å². The van der Waals surface area contributed by atoms with Crippen LogP contribution < -0.4 is 10.5 Å². The van der Waals surface area contributed by atoms with Crippen LogP contribution in [0.15, 0.2) is 30.6 Å². The summed E-state index contributed by atoms with van der Waals surface area (Å²) in [5, 5.41) is 13.9. The van der Waals surface area contributed by atoms with Gasteiger partial charge in [0.15, 0.2) is 5.65 Å². The minimum atomic E-state index is -0.815. The molecule has 8 heteroatoms. The van der Waals surface area contributed by atoms with Crippen LogP contribution in [-0.2, 0) is 0 Å². The summed E-state index contributed by atoms with van der Waals surface area (Å²) in [4.78, 5) is 8.20. The Balaban J connectivity index is 1.78. The fourth-order valence-electron chi connectivity index (χ4n) is 2.75. The van der Waals surface area contributed by atoms with Gasteiger partial charge in [0.2, 0.25) is 0 Å². The molecule has 0 amide bonds. The first-order chi connectivity index (χ1) is 11.7. The molecule has 1 aliphatic carbocycles. The molecule has 1 aromatic carbocycles. The van der Waals surface area contributed by atoms with Crippen LogP contribution in [0.5, 0.6) is 11.6 Å². The zero-order valence-electron chi connectivity index (χ0n) is 12.6. The van der Waals surface area contributed by atoms with E-state index in [2.05, 4.69) is 21.1 Å². The third-order valence-electron chi connectivity index (χ3n) is 4.07. The van der Waals surface area contributed by atoms with Crippen molar-refractivity contribution in [2.24, 2.45) is 0 Å². The standard InChI is InChI=1S/C16H13FN6O/c17-10-5-11(6-10)23-15-13(14(19)20-8-21-15)16(22-23)24-12-3-1-2-9(4-12)7-18/h1-4,8,10-11H,5-6H2,(H2,19,20,21). The molecule has 7 nitrogen and oxygen atoms in total. The largest absolute Gasteiger partial charge is 0.437 e. The molecule has 0 spiro atoms. The molecule has 2 heterocycles. The minimum Gasteiger partial charge on any atom is -0.437 e. The van der Waals surface area contributed by atoms with E-state index >= 15 is 0 Å². The number of alkyl halides is 1. The van der Waals surface area contributed by atoms with Crippen molar-refractivity contribution in [3.05, 3.63) is 36.2 Å². The van der Waals surface area contributed by atoms with Crippen molar-refractivity contribution in [3.63, 3.8) is 0 Å². The minimum absolute atomic E-state index is 0.0698. The first-order valence-electron chi connectivity index (χ1n) is 7.46. The molecular weight excluding hydrogens is 311 g/mol. The number of hydrogen-bond acceptors (Lipinski definition) is 6. The maximum absolute atomic E-state index is 13.2. The van der Waals surface area contributed by atoms with Crippen molar-refractivity contribution < 1.29 is 9.13 Å². The van der Waals surface area contributed by atoms with Crippen LogP contribution >= 0.6 is 0 Å². The first-order valence-corrected chi connectivity index (χ1v) is 7.46. The van der Waals surface area contributed by atoms with Crippen LogP contribution in [0.4, 0.5) is 10.2 Å². The van der Waals surface area contributed by atoms with Crippen molar-refractivity contribution in [1.82, 2.24) is 19.7 Å². The number of anilines is 1. The lowest BCUT2D eigenvalue weighted by atomic mass is 9.91. The van der Waals surface area contributed by atoms with Gasteiger partial charge in [-0.1, -0.05) is 6.07 Å². The zero-order valence-corrected chi connectivity index (χ0v) is 12.6. The average Bonchev–Trinajstić information content (AvgIpc) is 2.91. The second kappa shape index (κ2) is 5.45. The predicted octanol–water partition coefficient (Wildman–Crippen LogP) is 2.75. The normalized spacial score (nSPS) is 19.7. The van der Waals surface area contributed by atoms with Crippen LogP contribution in [0.3, 0.4) is 0 Å². The highest BCUT2D eigenvalue weighted by Crippen LogP contribution is 2.39. The summed E-state index contributed by atoms with van der Waals surface area (Å²) in [6.45, 7) is 0. The third kappa shape index (κ3) is 2.31. The summed E-state index contributed by atoms with van der Waals surface area (Å²) in [5.74, 6) is 0.954. The van der Waals surface area contributed by atoms with E-state index in [0.29, 0.717) is 35.2 Å². The number of aromatic nitrogens is 4. The zero-order chi connectivity index (χ0) is 16.7. The number of nitrogens with two attached hydrogens (primary N) is 1. The monoisotopic (exact) mass is 324 g/mol. The molecule has 0 aliphatic heterocycles. The Morgan fingerprint density at radius 2 is 2.17 bits per heavy atom. The molecule has 3 aromatic rings. The summed E-state index contributed by atoms with van der Waals surface area (Å²) in [6, 6.07) is 8.69. The number of hydrogen-bond donors (Lipinski definition) is 1. The Labute approximate surface area is 136 Å². The van der Waals surface area contributed by atoms with E-state index in [0.717, 1.165) is 0 Å². The van der Waals surface area contributed by atoms with Crippen molar-refractivity contribution in [2.45, 2.75) is 25.1 Å². The van der Waals surface area contributed by atoms with Crippen molar-refractivity contribution in [1.29, 1.82) is 5.26 Å². The topological polar surface area (TPSA) is 103 Å². The number of fused-ring (bicyclic) bond motifs is 1. The Morgan fingerprint density at radius 1 is 1.33 bits per heavy atom. The first kappa shape index (κ1) is 14.4. The maximum Gasteiger partial charge on any atom is 0.251 e. The number of benzene rings is 1. The van der Waals surface area contributed by atoms with Crippen LogP contribution in [0.1, 0.15) is 24.4 Å². The lowest BCUT2D eigenvalue weighted by Gasteiger charge is -2.29. The van der Waals surface area contributed by atoms with Crippen molar-refractivity contribution in [3.8, 4) is 17.7 Å². The summed E-state index contributed by atoms with van der Waals surface area (Å²) >= 11 is 0. The summed E-state index contributed by atoms with van der Waals surface area (Å²) < 4.78 is 20.7. The van der Waals surface area contributed by atoms with E-state index in [-0.39, 0.29) is 17.7 Å². The highest BCUT2D eigenvalue weighted by molar-refractivity contribution is 5.90. The number of nitrogen functional groups attached to an aromatic ring is 1. The van der Waals surface area contributed by atoms with Crippen molar-refractivity contribution >= 4 is 16.9 Å². The number of halogens is 1. The molecule has 4 rings (SSSR count). The Morgan fingerprint density at radius 3 is 2.92 bits per heavy atom. The highest BCUT2D eigenvalue weighted by Gasteiger charge is 2.33. The maximum atomic E-state index is 13.2. The molecule has 0 atom stereocenters. The second-order valence-electron chi connectivity index (χ2n) is 5.67. The molecule has 0 radical (unpaired) electrons. The summed E-state index contributed by atoms with van der Waals surface area (Å²) in [7, 11) is 0. The Kier molecular flexibility index (Phi) is 3.27. The van der Waals surface area contributed by atoms with Crippen LogP contribution in [0.2, 0.25) is 0 Å². The molecule has 0 bridgehead atoms. The van der Waals surface area contributed by atoms with Crippen molar-refractivity contribution in [2.75, 3.05) is 5.73 Å². The fraction of sp³-hybridized carbons (Fsp3) is 0.250. The predicted molar refractivity (Wildman–Crippen MR) is 84.1 cm³/mol. The van der Waals surface area contributed by atoms with E-state index in [1.807, 2.05) is 0 Å². The van der Waals surface area contributed by atoms with E-state index in [9.17, 15) is 4.39 Å². The number of nitriles is 1. The molecule has 0 saturated heterocycles. The molecule has 2 aromatic heterocycles. The lowest BCUT2D eigenvalue weighted by molar-refractivity contribution is 0.129. The Bertz CT molecular complexity index is 957. The van der Waals surface area contributed by atoms with Gasteiger partial charge in [0.05, 0.1) is 17.7 Å². The average molecular weight is 324 g/mol. The molecule has 1 saturated carbocycles. The van der Waals surface area contributed by atoms with Gasteiger partial charge in [-0.3, -0.25) is 0 Å². The van der Waals surface area contributed by atoms with E-state index in [1.165, 1.54) is 6.33 Å². The third-order valence-corrected chi connectivity index (χ3v) is 4.07. The summed E-state index contributed by atoms with van der Waals surface area (Å²) in [5.41, 5.74) is 6.95. The molecular formula is C16H13FN6O. The van der Waals surface area contributed by atoms with Gasteiger partial charge in [0.25, 0.3) is 5.88 Å². The van der Waals surface area contributed by atoms with E-state index in [1.54, 1.807) is 28.9 Å². The highest BCUT2D eigenvalue weighted by atomic mass is 19.1. The van der Waals surface area contributed by atoms with Gasteiger partial charge in [-0.15, -0.1) is 5.10 Å². The van der Waals surface area contributed by atoms with Gasteiger partial charge in [-0.25, -0.2) is 19.0 Å². The number of rotatable bonds is 3. The molecule has 120 valence electrons. The van der Waals surface area contributed by atoms with Crippen LogP contribution in [0, 0.1) is 11.3 Å². The van der Waals surface area contributed by atoms with Gasteiger partial charge in [-0.05, 0) is 18.2 Å². The molecule has 2 N–H and O–H groups in total. The van der Waals surface area contributed by atoms with Gasteiger partial charge in [0, 0.05) is 12.8 Å². The smallest absolute Gasteiger partial charge is 0.251 e. The quantitative estimate of drug-likeness (QED) is 0.794. The summed E-state index contributed by atoms with van der Waals surface area (Å²) in [6.07, 6.45) is 1.32. The molecule has 1 fully saturated rings. The Hall–Kier alpha value is -3.21. The lowest BCUT2D eigenvalue weighted by Crippen LogP contribution is -2.28. The fourth-order valence-corrected chi connectivity index (χ4v) is 2.75. The van der Waals surface area contributed by atoms with Gasteiger partial charge in [0.1, 0.15) is 29.5 Å². The molecule has 24 heavy (non-hydrogen) atoms. The number of nitrogens with zero attached hydrogens (tertiary/aromatic N) is 5. The molecule has 1 aliphatic rings. The second-order valence-corrected chi connectivity index (χ2v) is 5.67. The van der Waals surface area contributed by atoms with Gasteiger partial charge >= 0.3 is 0 Å². The SMILES string of the molecule is N#Cc1cccc(Oc2nn(C3CC(F)C3)c3ncnc(N)c23)c1. The molecule has 0 unspecified atom stereocenters. The van der Waals surface area contributed by atoms with Crippen LogP contribution in [0.25, 0.3) is 11.0 Å². The van der Waals surface area contributed by atoms with Crippen LogP contribution in [-0.4, -0.2) is 25.9 Å². The van der Waals surface area contributed by atoms with E-state index in [4.69, 9.17) is 15.7 Å². The number of ether oxygens (including phenoxy) is 1. The van der Waals surface area contributed by atoms with Gasteiger partial charge < -0.3 is 10.5 Å².